The van der Waals surface area contributed by atoms with E-state index in [1.54, 1.807) is 13.8 Å². The van der Waals surface area contributed by atoms with Crippen LogP contribution in [0.15, 0.2) is 40.9 Å². The van der Waals surface area contributed by atoms with Gasteiger partial charge in [0.15, 0.2) is 0 Å². The Morgan fingerprint density at radius 1 is 1.11 bits per heavy atom. The van der Waals surface area contributed by atoms with E-state index in [4.69, 9.17) is 0 Å². The molecule has 0 aliphatic heterocycles. The van der Waals surface area contributed by atoms with Gasteiger partial charge < -0.3 is 5.32 Å². The average Bonchev–Trinajstić information content (AvgIpc) is 2.39. The van der Waals surface area contributed by atoms with E-state index in [2.05, 4.69) is 27.3 Å². The highest BCUT2D eigenvalue weighted by atomic mass is 79.9. The summed E-state index contributed by atoms with van der Waals surface area (Å²) in [4.78, 5) is 0. The van der Waals surface area contributed by atoms with Crippen molar-refractivity contribution in [2.75, 3.05) is 7.05 Å². The molecule has 0 aromatic heterocycles. The predicted molar refractivity (Wildman–Crippen MR) is 80.9 cm³/mol. The van der Waals surface area contributed by atoms with Crippen LogP contribution >= 0.6 is 15.9 Å². The summed E-state index contributed by atoms with van der Waals surface area (Å²) < 4.78 is 14.8. The molecule has 0 bridgehead atoms. The highest BCUT2D eigenvalue weighted by Crippen LogP contribution is 2.30. The Labute approximate surface area is 122 Å². The molecular weight excluding hydrogens is 305 g/mol. The van der Waals surface area contributed by atoms with Crippen molar-refractivity contribution in [3.8, 4) is 0 Å². The Morgan fingerprint density at radius 3 is 2.21 bits per heavy atom. The van der Waals surface area contributed by atoms with Crippen LogP contribution in [0.2, 0.25) is 0 Å². The maximum absolute atomic E-state index is 13.7. The van der Waals surface area contributed by atoms with E-state index >= 15 is 0 Å². The highest BCUT2D eigenvalue weighted by molar-refractivity contribution is 9.10. The molecule has 0 radical (unpaired) electrons. The van der Waals surface area contributed by atoms with Gasteiger partial charge in [-0.1, -0.05) is 46.3 Å². The Kier molecular flexibility index (Phi) is 4.38. The van der Waals surface area contributed by atoms with Crippen molar-refractivity contribution >= 4 is 15.9 Å². The lowest BCUT2D eigenvalue weighted by Crippen LogP contribution is -2.18. The molecule has 2 aromatic rings. The topological polar surface area (TPSA) is 12.0 Å². The Morgan fingerprint density at radius 2 is 1.68 bits per heavy atom. The molecule has 3 heteroatoms. The maximum atomic E-state index is 13.7. The van der Waals surface area contributed by atoms with Crippen LogP contribution in [0.4, 0.5) is 4.39 Å². The first kappa shape index (κ1) is 14.2. The number of halogens is 2. The fourth-order valence-electron chi connectivity index (χ4n) is 2.36. The first-order chi connectivity index (χ1) is 9.04. The molecule has 0 spiro atoms. The van der Waals surface area contributed by atoms with Crippen molar-refractivity contribution in [2.45, 2.75) is 19.9 Å². The summed E-state index contributed by atoms with van der Waals surface area (Å²) in [6.07, 6.45) is 0. The molecule has 1 atom stereocenters. The standard InChI is InChI=1S/C16H17BrFN/c1-10-8-12(9-11(2)15(10)18)16(19-3)13-6-4-5-7-14(13)17/h4-9,16,19H,1-3H3. The summed E-state index contributed by atoms with van der Waals surface area (Å²) in [6, 6.07) is 11.9. The van der Waals surface area contributed by atoms with E-state index in [1.807, 2.05) is 37.4 Å². The van der Waals surface area contributed by atoms with Crippen LogP contribution in [0, 0.1) is 19.7 Å². The Balaban J connectivity index is 2.52. The normalized spacial score (nSPS) is 12.5. The van der Waals surface area contributed by atoms with Gasteiger partial charge in [-0.25, -0.2) is 4.39 Å². The molecule has 100 valence electrons. The van der Waals surface area contributed by atoms with Gasteiger partial charge in [0.05, 0.1) is 6.04 Å². The minimum atomic E-state index is -0.120. The van der Waals surface area contributed by atoms with E-state index in [0.717, 1.165) is 15.6 Å². The van der Waals surface area contributed by atoms with Gasteiger partial charge in [0.25, 0.3) is 0 Å². The minimum Gasteiger partial charge on any atom is -0.309 e. The monoisotopic (exact) mass is 321 g/mol. The van der Waals surface area contributed by atoms with Crippen LogP contribution in [-0.4, -0.2) is 7.05 Å². The molecule has 0 fully saturated rings. The highest BCUT2D eigenvalue weighted by Gasteiger charge is 2.16. The third kappa shape index (κ3) is 2.88. The van der Waals surface area contributed by atoms with Crippen LogP contribution in [0.5, 0.6) is 0 Å². The first-order valence-corrected chi connectivity index (χ1v) is 7.02. The quantitative estimate of drug-likeness (QED) is 0.876. The van der Waals surface area contributed by atoms with Gasteiger partial charge in [0.1, 0.15) is 5.82 Å². The number of aryl methyl sites for hydroxylation is 2. The molecule has 2 rings (SSSR count). The molecule has 0 aliphatic carbocycles. The second-order valence-corrected chi connectivity index (χ2v) is 5.57. The van der Waals surface area contributed by atoms with Crippen LogP contribution in [0.3, 0.4) is 0 Å². The third-order valence-electron chi connectivity index (χ3n) is 3.30. The van der Waals surface area contributed by atoms with Gasteiger partial charge in [-0.05, 0) is 49.2 Å². The largest absolute Gasteiger partial charge is 0.309 e. The lowest BCUT2D eigenvalue weighted by molar-refractivity contribution is 0.604. The van der Waals surface area contributed by atoms with Crippen molar-refractivity contribution in [1.29, 1.82) is 0 Å². The van der Waals surface area contributed by atoms with Crippen LogP contribution in [0.25, 0.3) is 0 Å². The fraction of sp³-hybridized carbons (Fsp3) is 0.250. The SMILES string of the molecule is CNC(c1cc(C)c(F)c(C)c1)c1ccccc1Br. The van der Waals surface area contributed by atoms with E-state index in [0.29, 0.717) is 11.1 Å². The molecule has 0 saturated heterocycles. The molecule has 1 N–H and O–H groups in total. The number of rotatable bonds is 3. The molecule has 1 unspecified atom stereocenters. The lowest BCUT2D eigenvalue weighted by Gasteiger charge is -2.20. The number of benzene rings is 2. The summed E-state index contributed by atoms with van der Waals surface area (Å²) in [5, 5.41) is 3.30. The summed E-state index contributed by atoms with van der Waals surface area (Å²) in [5.41, 5.74) is 3.59. The average molecular weight is 322 g/mol. The van der Waals surface area contributed by atoms with Crippen molar-refractivity contribution in [2.24, 2.45) is 0 Å². The molecule has 0 amide bonds. The number of nitrogens with one attached hydrogen (secondary N) is 1. The van der Waals surface area contributed by atoms with Gasteiger partial charge in [0.2, 0.25) is 0 Å². The van der Waals surface area contributed by atoms with E-state index in [-0.39, 0.29) is 11.9 Å². The van der Waals surface area contributed by atoms with Crippen LogP contribution in [-0.2, 0) is 0 Å². The fourth-order valence-corrected chi connectivity index (χ4v) is 2.87. The maximum Gasteiger partial charge on any atom is 0.129 e. The van der Waals surface area contributed by atoms with E-state index < -0.39 is 0 Å². The van der Waals surface area contributed by atoms with Crippen molar-refractivity contribution < 1.29 is 4.39 Å². The molecule has 0 heterocycles. The molecular formula is C16H17BrFN. The summed E-state index contributed by atoms with van der Waals surface area (Å²) >= 11 is 3.57. The Hall–Kier alpha value is -1.19. The summed E-state index contributed by atoms with van der Waals surface area (Å²) in [5.74, 6) is -0.120. The van der Waals surface area contributed by atoms with Crippen molar-refractivity contribution in [1.82, 2.24) is 5.32 Å². The summed E-state index contributed by atoms with van der Waals surface area (Å²) in [6.45, 7) is 3.61. The zero-order valence-electron chi connectivity index (χ0n) is 11.3. The van der Waals surface area contributed by atoms with Gasteiger partial charge in [-0.2, -0.15) is 0 Å². The zero-order valence-corrected chi connectivity index (χ0v) is 12.9. The summed E-state index contributed by atoms with van der Waals surface area (Å²) in [7, 11) is 1.91. The van der Waals surface area contributed by atoms with Crippen molar-refractivity contribution in [3.63, 3.8) is 0 Å². The number of hydrogen-bond acceptors (Lipinski definition) is 1. The Bertz CT molecular complexity index is 572. The second kappa shape index (κ2) is 5.85. The van der Waals surface area contributed by atoms with Gasteiger partial charge >= 0.3 is 0 Å². The lowest BCUT2D eigenvalue weighted by atomic mass is 9.95. The molecule has 0 aliphatic rings. The molecule has 1 nitrogen and oxygen atoms in total. The van der Waals surface area contributed by atoms with Gasteiger partial charge in [0, 0.05) is 4.47 Å². The van der Waals surface area contributed by atoms with Crippen LogP contribution < -0.4 is 5.32 Å². The second-order valence-electron chi connectivity index (χ2n) is 4.71. The minimum absolute atomic E-state index is 0.0496. The van der Waals surface area contributed by atoms with Gasteiger partial charge in [-0.3, -0.25) is 0 Å². The molecule has 2 aromatic carbocycles. The third-order valence-corrected chi connectivity index (χ3v) is 4.02. The zero-order chi connectivity index (χ0) is 14.0. The first-order valence-electron chi connectivity index (χ1n) is 6.23. The predicted octanol–water partition coefficient (Wildman–Crippen LogP) is 4.51. The smallest absolute Gasteiger partial charge is 0.129 e. The molecule has 19 heavy (non-hydrogen) atoms. The van der Waals surface area contributed by atoms with Gasteiger partial charge in [-0.15, -0.1) is 0 Å². The van der Waals surface area contributed by atoms with Crippen molar-refractivity contribution in [3.05, 3.63) is 68.9 Å². The number of hydrogen-bond donors (Lipinski definition) is 1. The molecule has 0 saturated carbocycles. The van der Waals surface area contributed by atoms with E-state index in [9.17, 15) is 4.39 Å². The van der Waals surface area contributed by atoms with E-state index in [1.165, 1.54) is 0 Å². The van der Waals surface area contributed by atoms with Crippen LogP contribution in [0.1, 0.15) is 28.3 Å².